The van der Waals surface area contributed by atoms with Gasteiger partial charge in [0, 0.05) is 15.9 Å². The number of nitrogens with one attached hydrogen (secondary N) is 1. The standard InChI is InChI=1S/C9H6BrNO2/c10-6-2-3-7(12)5-1-4-8(13)11-9(5)6/h1-4,12H,(H,11,13). The molecule has 0 saturated heterocycles. The number of H-pyrrole nitrogens is 1. The number of phenols is 1. The summed E-state index contributed by atoms with van der Waals surface area (Å²) < 4.78 is 0.762. The highest BCUT2D eigenvalue weighted by molar-refractivity contribution is 9.10. The van der Waals surface area contributed by atoms with Crippen LogP contribution in [0, 0.1) is 0 Å². The van der Waals surface area contributed by atoms with Crippen LogP contribution in [0.3, 0.4) is 0 Å². The van der Waals surface area contributed by atoms with Crippen LogP contribution in [0.4, 0.5) is 0 Å². The lowest BCUT2D eigenvalue weighted by Crippen LogP contribution is -2.02. The molecular weight excluding hydrogens is 234 g/mol. The molecule has 13 heavy (non-hydrogen) atoms. The summed E-state index contributed by atoms with van der Waals surface area (Å²) in [6.07, 6.45) is 0. The lowest BCUT2D eigenvalue weighted by atomic mass is 10.2. The minimum absolute atomic E-state index is 0.162. The quantitative estimate of drug-likeness (QED) is 0.739. The first-order chi connectivity index (χ1) is 6.18. The molecule has 0 atom stereocenters. The average molecular weight is 240 g/mol. The molecule has 0 amide bonds. The van der Waals surface area contributed by atoms with Gasteiger partial charge in [0.15, 0.2) is 0 Å². The van der Waals surface area contributed by atoms with Gasteiger partial charge in [-0.2, -0.15) is 0 Å². The van der Waals surface area contributed by atoms with Crippen molar-refractivity contribution in [3.63, 3.8) is 0 Å². The van der Waals surface area contributed by atoms with E-state index in [1.807, 2.05) is 0 Å². The summed E-state index contributed by atoms with van der Waals surface area (Å²) in [6.45, 7) is 0. The molecule has 0 aliphatic heterocycles. The van der Waals surface area contributed by atoms with Crippen molar-refractivity contribution in [3.05, 3.63) is 39.1 Å². The number of pyridine rings is 1. The fraction of sp³-hybridized carbons (Fsp3) is 0. The molecule has 0 spiro atoms. The van der Waals surface area contributed by atoms with E-state index in [0.717, 1.165) is 4.47 Å². The second-order valence-corrected chi connectivity index (χ2v) is 3.53. The predicted octanol–water partition coefficient (Wildman–Crippen LogP) is 2.00. The molecule has 1 aromatic carbocycles. The summed E-state index contributed by atoms with van der Waals surface area (Å²) in [6, 6.07) is 6.24. The molecule has 1 heterocycles. The number of fused-ring (bicyclic) bond motifs is 1. The van der Waals surface area contributed by atoms with Crippen LogP contribution in [0.5, 0.6) is 5.75 Å². The van der Waals surface area contributed by atoms with Crippen molar-refractivity contribution < 1.29 is 5.11 Å². The van der Waals surface area contributed by atoms with Crippen molar-refractivity contribution >= 4 is 26.8 Å². The van der Waals surface area contributed by atoms with Gasteiger partial charge in [-0.05, 0) is 34.1 Å². The zero-order valence-corrected chi connectivity index (χ0v) is 8.13. The van der Waals surface area contributed by atoms with E-state index in [-0.39, 0.29) is 11.3 Å². The number of hydrogen-bond donors (Lipinski definition) is 2. The topological polar surface area (TPSA) is 53.1 Å². The number of phenolic OH excluding ortho intramolecular Hbond substituents is 1. The zero-order valence-electron chi connectivity index (χ0n) is 6.54. The average Bonchev–Trinajstić information content (AvgIpc) is 2.12. The number of benzene rings is 1. The van der Waals surface area contributed by atoms with Crippen LogP contribution < -0.4 is 5.56 Å². The summed E-state index contributed by atoms with van der Waals surface area (Å²) >= 11 is 3.28. The monoisotopic (exact) mass is 239 g/mol. The molecule has 0 unspecified atom stereocenters. The van der Waals surface area contributed by atoms with Gasteiger partial charge in [0.1, 0.15) is 5.75 Å². The molecule has 66 valence electrons. The van der Waals surface area contributed by atoms with E-state index in [9.17, 15) is 9.90 Å². The van der Waals surface area contributed by atoms with Crippen LogP contribution in [-0.4, -0.2) is 10.1 Å². The molecule has 2 rings (SSSR count). The van der Waals surface area contributed by atoms with E-state index < -0.39 is 0 Å². The lowest BCUT2D eigenvalue weighted by molar-refractivity contribution is 0.481. The van der Waals surface area contributed by atoms with Crippen molar-refractivity contribution in [2.45, 2.75) is 0 Å². The van der Waals surface area contributed by atoms with E-state index in [1.165, 1.54) is 6.07 Å². The SMILES string of the molecule is O=c1ccc2c(O)ccc(Br)c2[nH]1. The highest BCUT2D eigenvalue weighted by Crippen LogP contribution is 2.27. The van der Waals surface area contributed by atoms with Crippen LogP contribution in [0.25, 0.3) is 10.9 Å². The van der Waals surface area contributed by atoms with E-state index in [4.69, 9.17) is 0 Å². The smallest absolute Gasteiger partial charge is 0.248 e. The normalized spacial score (nSPS) is 10.5. The summed E-state index contributed by atoms with van der Waals surface area (Å²) in [5, 5.41) is 10.1. The van der Waals surface area contributed by atoms with Crippen molar-refractivity contribution in [1.29, 1.82) is 0 Å². The maximum Gasteiger partial charge on any atom is 0.248 e. The van der Waals surface area contributed by atoms with Gasteiger partial charge in [-0.25, -0.2) is 0 Å². The molecule has 2 N–H and O–H groups in total. The third-order valence-electron chi connectivity index (χ3n) is 1.82. The van der Waals surface area contributed by atoms with E-state index in [1.54, 1.807) is 18.2 Å². The highest BCUT2D eigenvalue weighted by Gasteiger charge is 2.03. The summed E-state index contributed by atoms with van der Waals surface area (Å²) in [4.78, 5) is 13.6. The Kier molecular flexibility index (Phi) is 1.84. The number of halogens is 1. The van der Waals surface area contributed by atoms with Gasteiger partial charge in [0.2, 0.25) is 5.56 Å². The molecule has 3 nitrogen and oxygen atoms in total. The maximum atomic E-state index is 11.0. The lowest BCUT2D eigenvalue weighted by Gasteiger charge is -2.01. The number of rotatable bonds is 0. The van der Waals surface area contributed by atoms with Crippen LogP contribution >= 0.6 is 15.9 Å². The molecule has 1 aromatic heterocycles. The molecule has 0 aliphatic rings. The molecule has 0 radical (unpaired) electrons. The summed E-state index contributed by atoms with van der Waals surface area (Å²) in [7, 11) is 0. The van der Waals surface area contributed by atoms with Gasteiger partial charge in [-0.3, -0.25) is 4.79 Å². The molecular formula is C9H6BrNO2. The minimum atomic E-state index is -0.182. The van der Waals surface area contributed by atoms with Gasteiger partial charge < -0.3 is 10.1 Å². The molecule has 0 saturated carbocycles. The highest BCUT2D eigenvalue weighted by atomic mass is 79.9. The zero-order chi connectivity index (χ0) is 9.42. The minimum Gasteiger partial charge on any atom is -0.507 e. The molecule has 0 aliphatic carbocycles. The van der Waals surface area contributed by atoms with Crippen LogP contribution in [0.2, 0.25) is 0 Å². The van der Waals surface area contributed by atoms with Crippen molar-refractivity contribution in [3.8, 4) is 5.75 Å². The number of aromatic hydroxyl groups is 1. The molecule has 0 bridgehead atoms. The van der Waals surface area contributed by atoms with Gasteiger partial charge in [-0.15, -0.1) is 0 Å². The van der Waals surface area contributed by atoms with Crippen molar-refractivity contribution in [2.75, 3.05) is 0 Å². The Bertz CT molecular complexity index is 518. The fourth-order valence-corrected chi connectivity index (χ4v) is 1.65. The van der Waals surface area contributed by atoms with Crippen LogP contribution in [-0.2, 0) is 0 Å². The van der Waals surface area contributed by atoms with Gasteiger partial charge in [-0.1, -0.05) is 0 Å². The van der Waals surface area contributed by atoms with E-state index >= 15 is 0 Å². The Morgan fingerprint density at radius 3 is 2.77 bits per heavy atom. The third kappa shape index (κ3) is 1.33. The molecule has 2 aromatic rings. The first kappa shape index (κ1) is 8.31. The Balaban J connectivity index is 3.00. The molecule has 4 heteroatoms. The Labute approximate surface area is 82.2 Å². The second kappa shape index (κ2) is 2.88. The van der Waals surface area contributed by atoms with E-state index in [0.29, 0.717) is 10.9 Å². The Hall–Kier alpha value is -1.29. The summed E-state index contributed by atoms with van der Waals surface area (Å²) in [5.74, 6) is 0.162. The van der Waals surface area contributed by atoms with Crippen molar-refractivity contribution in [2.24, 2.45) is 0 Å². The largest absolute Gasteiger partial charge is 0.507 e. The van der Waals surface area contributed by atoms with Crippen LogP contribution in [0.1, 0.15) is 0 Å². The van der Waals surface area contributed by atoms with Gasteiger partial charge in [0.25, 0.3) is 0 Å². The number of hydrogen-bond acceptors (Lipinski definition) is 2. The second-order valence-electron chi connectivity index (χ2n) is 2.68. The van der Waals surface area contributed by atoms with Gasteiger partial charge >= 0.3 is 0 Å². The first-order valence-corrected chi connectivity index (χ1v) is 4.48. The third-order valence-corrected chi connectivity index (χ3v) is 2.48. The van der Waals surface area contributed by atoms with E-state index in [2.05, 4.69) is 20.9 Å². The molecule has 0 fully saturated rings. The predicted molar refractivity (Wildman–Crippen MR) is 53.9 cm³/mol. The number of aromatic amines is 1. The Morgan fingerprint density at radius 2 is 2.00 bits per heavy atom. The summed E-state index contributed by atoms with van der Waals surface area (Å²) in [5.41, 5.74) is 0.436. The first-order valence-electron chi connectivity index (χ1n) is 3.69. The Morgan fingerprint density at radius 1 is 1.23 bits per heavy atom. The fourth-order valence-electron chi connectivity index (χ4n) is 1.20. The number of aromatic nitrogens is 1. The van der Waals surface area contributed by atoms with Crippen LogP contribution in [0.15, 0.2) is 33.5 Å². The van der Waals surface area contributed by atoms with Gasteiger partial charge in [0.05, 0.1) is 5.52 Å². The van der Waals surface area contributed by atoms with Crippen molar-refractivity contribution in [1.82, 2.24) is 4.98 Å². The maximum absolute atomic E-state index is 11.0.